The Balaban J connectivity index is 1.47. The molecule has 1 saturated carbocycles. The summed E-state index contributed by atoms with van der Waals surface area (Å²) in [6.07, 6.45) is 1.63. The minimum absolute atomic E-state index is 0.0217. The highest BCUT2D eigenvalue weighted by molar-refractivity contribution is 6.48. The van der Waals surface area contributed by atoms with Crippen molar-refractivity contribution in [1.82, 2.24) is 5.32 Å². The molecule has 2 aromatic carbocycles. The molecule has 2 N–H and O–H groups in total. The number of benzene rings is 2. The summed E-state index contributed by atoms with van der Waals surface area (Å²) in [4.78, 5) is 13.5. The molecule has 0 aromatic heterocycles. The summed E-state index contributed by atoms with van der Waals surface area (Å²) < 4.78 is 14.6. The quantitative estimate of drug-likeness (QED) is 0.612. The first-order chi connectivity index (χ1) is 13.8. The van der Waals surface area contributed by atoms with E-state index in [9.17, 15) is 14.3 Å². The van der Waals surface area contributed by atoms with Crippen molar-refractivity contribution in [3.8, 4) is 0 Å². The Morgan fingerprint density at radius 3 is 2.45 bits per heavy atom. The maximum Gasteiger partial charge on any atom is 0.223 e. The van der Waals surface area contributed by atoms with Gasteiger partial charge < -0.3 is 15.3 Å². The number of hydrogen-bond donors (Lipinski definition) is 2. The third kappa shape index (κ3) is 4.33. The van der Waals surface area contributed by atoms with Gasteiger partial charge >= 0.3 is 0 Å². The number of nitrogens with zero attached hydrogens (tertiary/aromatic N) is 1. The van der Waals surface area contributed by atoms with E-state index in [4.69, 9.17) is 34.8 Å². The van der Waals surface area contributed by atoms with Gasteiger partial charge in [-0.15, -0.1) is 0 Å². The minimum Gasteiger partial charge on any atom is -0.373 e. The fraction of sp³-hybridized carbons (Fsp3) is 0.381. The standard InChI is InChI=1S/C21H20Cl3FN2O2/c22-16-7-13(8-17(23)19(16)24)15-5-6-27(21(15)29)14-4-3-12(18(25)9-14)10-26-20(28)11-1-2-11/h3-4,7-9,11,15,21,29H,1-2,5-6,10H2,(H,26,28)/t15?,21-/m0/s1. The van der Waals surface area contributed by atoms with E-state index in [1.807, 2.05) is 0 Å². The molecule has 8 heteroatoms. The number of rotatable bonds is 5. The molecule has 4 rings (SSSR count). The van der Waals surface area contributed by atoms with Gasteiger partial charge in [0.15, 0.2) is 0 Å². The van der Waals surface area contributed by atoms with Crippen LogP contribution in [0.2, 0.25) is 15.1 Å². The van der Waals surface area contributed by atoms with E-state index in [0.717, 1.165) is 18.4 Å². The van der Waals surface area contributed by atoms with E-state index in [2.05, 4.69) is 5.32 Å². The van der Waals surface area contributed by atoms with Crippen LogP contribution < -0.4 is 10.2 Å². The van der Waals surface area contributed by atoms with Gasteiger partial charge in [0.1, 0.15) is 12.0 Å². The molecule has 1 saturated heterocycles. The number of aliphatic hydroxyl groups excluding tert-OH is 1. The van der Waals surface area contributed by atoms with Crippen LogP contribution in [-0.4, -0.2) is 23.8 Å². The summed E-state index contributed by atoms with van der Waals surface area (Å²) in [6, 6.07) is 8.22. The van der Waals surface area contributed by atoms with Crippen LogP contribution >= 0.6 is 34.8 Å². The molecule has 0 radical (unpaired) electrons. The van der Waals surface area contributed by atoms with Crippen LogP contribution in [0.4, 0.5) is 10.1 Å². The predicted molar refractivity (Wildman–Crippen MR) is 113 cm³/mol. The molecule has 0 bridgehead atoms. The molecule has 1 aliphatic carbocycles. The average Bonchev–Trinajstić information content (AvgIpc) is 3.47. The van der Waals surface area contributed by atoms with Crippen LogP contribution in [0.15, 0.2) is 30.3 Å². The van der Waals surface area contributed by atoms with E-state index in [-0.39, 0.29) is 29.3 Å². The Hall–Kier alpha value is -1.53. The molecule has 0 spiro atoms. The van der Waals surface area contributed by atoms with Crippen LogP contribution in [0.5, 0.6) is 0 Å². The predicted octanol–water partition coefficient (Wildman–Crippen LogP) is 5.12. The second kappa shape index (κ2) is 8.31. The Morgan fingerprint density at radius 2 is 1.83 bits per heavy atom. The summed E-state index contributed by atoms with van der Waals surface area (Å²) in [5.41, 5.74) is 1.80. The first kappa shape index (κ1) is 20.7. The number of amides is 1. The lowest BCUT2D eigenvalue weighted by molar-refractivity contribution is -0.122. The van der Waals surface area contributed by atoms with Gasteiger partial charge in [0, 0.05) is 36.2 Å². The largest absolute Gasteiger partial charge is 0.373 e. The highest BCUT2D eigenvalue weighted by Gasteiger charge is 2.35. The monoisotopic (exact) mass is 456 g/mol. The first-order valence-corrected chi connectivity index (χ1v) is 10.6. The smallest absolute Gasteiger partial charge is 0.223 e. The fourth-order valence-electron chi connectivity index (χ4n) is 3.72. The van der Waals surface area contributed by atoms with Crippen molar-refractivity contribution in [3.63, 3.8) is 0 Å². The summed E-state index contributed by atoms with van der Waals surface area (Å²) in [5.74, 6) is -0.565. The van der Waals surface area contributed by atoms with Crippen LogP contribution in [0.25, 0.3) is 0 Å². The lowest BCUT2D eigenvalue weighted by Crippen LogP contribution is -2.32. The zero-order chi connectivity index (χ0) is 20.7. The molecule has 4 nitrogen and oxygen atoms in total. The number of nitrogens with one attached hydrogen (secondary N) is 1. The van der Waals surface area contributed by atoms with Gasteiger partial charge in [-0.25, -0.2) is 4.39 Å². The van der Waals surface area contributed by atoms with Crippen LogP contribution in [0.3, 0.4) is 0 Å². The maximum atomic E-state index is 14.6. The van der Waals surface area contributed by atoms with E-state index >= 15 is 0 Å². The summed E-state index contributed by atoms with van der Waals surface area (Å²) in [7, 11) is 0. The molecule has 2 atom stereocenters. The molecular weight excluding hydrogens is 438 g/mol. The number of halogens is 4. The highest BCUT2D eigenvalue weighted by atomic mass is 35.5. The lowest BCUT2D eigenvalue weighted by atomic mass is 9.97. The molecule has 2 aliphatic rings. The first-order valence-electron chi connectivity index (χ1n) is 9.50. The normalized spacial score (nSPS) is 21.5. The van der Waals surface area contributed by atoms with Crippen molar-refractivity contribution in [1.29, 1.82) is 0 Å². The van der Waals surface area contributed by atoms with Gasteiger partial charge in [-0.3, -0.25) is 4.79 Å². The van der Waals surface area contributed by atoms with Crippen LogP contribution in [0.1, 0.15) is 36.3 Å². The van der Waals surface area contributed by atoms with Crippen molar-refractivity contribution in [2.45, 2.75) is 38.0 Å². The van der Waals surface area contributed by atoms with Crippen molar-refractivity contribution >= 4 is 46.4 Å². The number of anilines is 1. The summed E-state index contributed by atoms with van der Waals surface area (Å²) in [6.45, 7) is 0.718. The Bertz CT molecular complexity index is 929. The van der Waals surface area contributed by atoms with E-state index in [1.165, 1.54) is 6.07 Å². The number of carbonyl (C=O) groups excluding carboxylic acids is 1. The van der Waals surface area contributed by atoms with Crippen LogP contribution in [-0.2, 0) is 11.3 Å². The van der Waals surface area contributed by atoms with Gasteiger partial charge in [-0.1, -0.05) is 40.9 Å². The van der Waals surface area contributed by atoms with Gasteiger partial charge in [-0.05, 0) is 49.1 Å². The zero-order valence-electron chi connectivity index (χ0n) is 15.5. The molecule has 1 heterocycles. The zero-order valence-corrected chi connectivity index (χ0v) is 17.7. The molecule has 2 fully saturated rings. The number of aliphatic hydroxyl groups is 1. The number of carbonyl (C=O) groups is 1. The third-order valence-electron chi connectivity index (χ3n) is 5.56. The maximum absolute atomic E-state index is 14.6. The Morgan fingerprint density at radius 1 is 1.14 bits per heavy atom. The lowest BCUT2D eigenvalue weighted by Gasteiger charge is -2.26. The van der Waals surface area contributed by atoms with E-state index < -0.39 is 12.0 Å². The molecule has 154 valence electrons. The van der Waals surface area contributed by atoms with Crippen molar-refractivity contribution < 1.29 is 14.3 Å². The minimum atomic E-state index is -0.844. The molecule has 2 aromatic rings. The van der Waals surface area contributed by atoms with Gasteiger partial charge in [0.05, 0.1) is 15.1 Å². The fourth-order valence-corrected chi connectivity index (χ4v) is 4.33. The molecular formula is C21H20Cl3FN2O2. The van der Waals surface area contributed by atoms with Crippen molar-refractivity contribution in [2.24, 2.45) is 5.92 Å². The van der Waals surface area contributed by atoms with Gasteiger partial charge in [0.2, 0.25) is 5.91 Å². The highest BCUT2D eigenvalue weighted by Crippen LogP contribution is 2.40. The molecule has 1 amide bonds. The summed E-state index contributed by atoms with van der Waals surface area (Å²) in [5, 5.41) is 14.6. The summed E-state index contributed by atoms with van der Waals surface area (Å²) >= 11 is 18.3. The Kier molecular flexibility index (Phi) is 5.94. The van der Waals surface area contributed by atoms with Crippen molar-refractivity contribution in [2.75, 3.05) is 11.4 Å². The van der Waals surface area contributed by atoms with Crippen molar-refractivity contribution in [3.05, 3.63) is 62.3 Å². The molecule has 29 heavy (non-hydrogen) atoms. The van der Waals surface area contributed by atoms with E-state index in [0.29, 0.717) is 34.3 Å². The Labute approximate surface area is 183 Å². The second-order valence-corrected chi connectivity index (χ2v) is 8.76. The third-order valence-corrected chi connectivity index (χ3v) is 6.76. The van der Waals surface area contributed by atoms with E-state index in [1.54, 1.807) is 29.2 Å². The number of hydrogen-bond acceptors (Lipinski definition) is 3. The molecule has 1 aliphatic heterocycles. The topological polar surface area (TPSA) is 52.6 Å². The molecule has 1 unspecified atom stereocenters. The van der Waals surface area contributed by atoms with Gasteiger partial charge in [0.25, 0.3) is 0 Å². The van der Waals surface area contributed by atoms with Gasteiger partial charge in [-0.2, -0.15) is 0 Å². The second-order valence-electron chi connectivity index (χ2n) is 7.57. The SMILES string of the molecule is O=C(NCc1ccc(N2CCC(c3cc(Cl)c(Cl)c(Cl)c3)[C@@H]2O)cc1F)C1CC1. The average molecular weight is 458 g/mol. The van der Waals surface area contributed by atoms with Crippen LogP contribution in [0, 0.1) is 11.7 Å².